The maximum Gasteiger partial charge on any atom is 0.314 e. The van der Waals surface area contributed by atoms with E-state index in [9.17, 15) is 9.90 Å². The van der Waals surface area contributed by atoms with Crippen LogP contribution in [0.15, 0.2) is 22.7 Å². The lowest BCUT2D eigenvalue weighted by atomic mass is 9.69. The second-order valence-electron chi connectivity index (χ2n) is 6.70. The fourth-order valence-corrected chi connectivity index (χ4v) is 4.06. The van der Waals surface area contributed by atoms with Gasteiger partial charge in [0.2, 0.25) is 0 Å². The number of hydrogen-bond donors (Lipinski definition) is 1. The second-order valence-corrected chi connectivity index (χ2v) is 7.56. The zero-order valence-electron chi connectivity index (χ0n) is 12.8. The van der Waals surface area contributed by atoms with Crippen molar-refractivity contribution in [1.82, 2.24) is 0 Å². The van der Waals surface area contributed by atoms with Crippen LogP contribution in [0.25, 0.3) is 0 Å². The van der Waals surface area contributed by atoms with Crippen LogP contribution in [0.5, 0.6) is 5.75 Å². The van der Waals surface area contributed by atoms with E-state index in [0.29, 0.717) is 5.92 Å². The minimum Gasteiger partial charge on any atom is -0.492 e. The molecule has 3 rings (SSSR count). The number of aliphatic carboxylic acids is 1. The summed E-state index contributed by atoms with van der Waals surface area (Å²) in [7, 11) is 0. The molecule has 1 aromatic carbocycles. The number of carboxylic acids is 1. The molecule has 2 saturated carbocycles. The summed E-state index contributed by atoms with van der Waals surface area (Å²) >= 11 is 3.56. The first-order valence-electron chi connectivity index (χ1n) is 8.28. The van der Waals surface area contributed by atoms with Crippen LogP contribution in [0, 0.1) is 5.92 Å². The largest absolute Gasteiger partial charge is 0.492 e. The van der Waals surface area contributed by atoms with Crippen LogP contribution in [0.3, 0.4) is 0 Å². The van der Waals surface area contributed by atoms with Crippen molar-refractivity contribution in [3.05, 3.63) is 28.2 Å². The van der Waals surface area contributed by atoms with Crippen LogP contribution in [0.2, 0.25) is 0 Å². The SMILES string of the molecule is O=C(O)C1(c2ccc(OCC3CCC3)c(Br)c2)CCCCC1. The summed E-state index contributed by atoms with van der Waals surface area (Å²) in [5, 5.41) is 9.77. The van der Waals surface area contributed by atoms with Gasteiger partial charge in [0.05, 0.1) is 16.5 Å². The lowest BCUT2D eigenvalue weighted by Gasteiger charge is -2.34. The molecule has 0 unspecified atom stereocenters. The number of benzene rings is 1. The molecule has 2 aliphatic carbocycles. The Kier molecular flexibility index (Phi) is 4.76. The Labute approximate surface area is 140 Å². The molecule has 4 heteroatoms. The minimum absolute atomic E-state index is 0.690. The Morgan fingerprint density at radius 2 is 1.95 bits per heavy atom. The molecular weight excluding hydrogens is 344 g/mol. The number of halogens is 1. The zero-order chi connectivity index (χ0) is 15.6. The summed E-state index contributed by atoms with van der Waals surface area (Å²) in [4.78, 5) is 11.9. The fourth-order valence-electron chi connectivity index (χ4n) is 3.56. The first-order chi connectivity index (χ1) is 10.6. The van der Waals surface area contributed by atoms with Gasteiger partial charge in [0.15, 0.2) is 0 Å². The Morgan fingerprint density at radius 3 is 2.50 bits per heavy atom. The van der Waals surface area contributed by atoms with E-state index in [1.165, 1.54) is 19.3 Å². The van der Waals surface area contributed by atoms with E-state index in [2.05, 4.69) is 15.9 Å². The number of carboxylic acid groups (broad SMARTS) is 1. The van der Waals surface area contributed by atoms with Gasteiger partial charge in [-0.25, -0.2) is 0 Å². The van der Waals surface area contributed by atoms with Crippen LogP contribution in [-0.4, -0.2) is 17.7 Å². The second kappa shape index (κ2) is 6.61. The van der Waals surface area contributed by atoms with Gasteiger partial charge < -0.3 is 9.84 Å². The molecule has 0 saturated heterocycles. The molecule has 2 aliphatic rings. The molecule has 0 spiro atoms. The molecule has 0 aliphatic heterocycles. The van der Waals surface area contributed by atoms with Crippen molar-refractivity contribution in [3.8, 4) is 5.75 Å². The summed E-state index contributed by atoms with van der Waals surface area (Å²) in [6, 6.07) is 5.83. The summed E-state index contributed by atoms with van der Waals surface area (Å²) in [5.74, 6) is 0.824. The Bertz CT molecular complexity index is 545. The standard InChI is InChI=1S/C18H23BrO3/c19-15-11-14(18(17(20)21)9-2-1-3-10-18)7-8-16(15)22-12-13-5-4-6-13/h7-8,11,13H,1-6,9-10,12H2,(H,20,21). The molecule has 0 heterocycles. The molecule has 0 aromatic heterocycles. The molecule has 0 amide bonds. The maximum atomic E-state index is 11.9. The van der Waals surface area contributed by atoms with E-state index in [4.69, 9.17) is 4.74 Å². The third kappa shape index (κ3) is 3.03. The van der Waals surface area contributed by atoms with Gasteiger partial charge in [-0.3, -0.25) is 4.79 Å². The van der Waals surface area contributed by atoms with Crippen LogP contribution in [0.1, 0.15) is 56.9 Å². The van der Waals surface area contributed by atoms with Crippen molar-refractivity contribution in [1.29, 1.82) is 0 Å². The summed E-state index contributed by atoms with van der Waals surface area (Å²) in [6.45, 7) is 0.766. The molecule has 0 bridgehead atoms. The minimum atomic E-state index is -0.715. The molecule has 2 fully saturated rings. The Hall–Kier alpha value is -1.03. The van der Waals surface area contributed by atoms with Crippen molar-refractivity contribution in [2.75, 3.05) is 6.61 Å². The highest BCUT2D eigenvalue weighted by atomic mass is 79.9. The van der Waals surface area contributed by atoms with Crippen molar-refractivity contribution < 1.29 is 14.6 Å². The van der Waals surface area contributed by atoms with Crippen LogP contribution in [-0.2, 0) is 10.2 Å². The monoisotopic (exact) mass is 366 g/mol. The van der Waals surface area contributed by atoms with Gasteiger partial charge in [0.1, 0.15) is 5.75 Å². The zero-order valence-corrected chi connectivity index (χ0v) is 14.4. The van der Waals surface area contributed by atoms with Gasteiger partial charge in [0.25, 0.3) is 0 Å². The molecule has 1 aromatic rings. The molecular formula is C18H23BrO3. The third-order valence-corrected chi connectivity index (χ3v) is 5.92. The predicted molar refractivity (Wildman–Crippen MR) is 89.4 cm³/mol. The van der Waals surface area contributed by atoms with Crippen molar-refractivity contribution in [2.24, 2.45) is 5.92 Å². The number of ether oxygens (including phenoxy) is 1. The Balaban J connectivity index is 1.78. The molecule has 22 heavy (non-hydrogen) atoms. The first kappa shape index (κ1) is 15.9. The van der Waals surface area contributed by atoms with Crippen LogP contribution in [0.4, 0.5) is 0 Å². The number of carbonyl (C=O) groups is 1. The van der Waals surface area contributed by atoms with Gasteiger partial charge in [-0.15, -0.1) is 0 Å². The van der Waals surface area contributed by atoms with E-state index in [-0.39, 0.29) is 0 Å². The van der Waals surface area contributed by atoms with E-state index >= 15 is 0 Å². The van der Waals surface area contributed by atoms with Crippen molar-refractivity contribution in [2.45, 2.75) is 56.8 Å². The van der Waals surface area contributed by atoms with Gasteiger partial charge in [-0.2, -0.15) is 0 Å². The van der Waals surface area contributed by atoms with Gasteiger partial charge >= 0.3 is 5.97 Å². The van der Waals surface area contributed by atoms with E-state index in [0.717, 1.165) is 54.5 Å². The lowest BCUT2D eigenvalue weighted by molar-refractivity contribution is -0.145. The highest BCUT2D eigenvalue weighted by molar-refractivity contribution is 9.10. The third-order valence-electron chi connectivity index (χ3n) is 5.30. The van der Waals surface area contributed by atoms with Gasteiger partial charge in [-0.1, -0.05) is 31.7 Å². The van der Waals surface area contributed by atoms with Gasteiger partial charge in [-0.05, 0) is 65.2 Å². The maximum absolute atomic E-state index is 11.9. The molecule has 0 radical (unpaired) electrons. The van der Waals surface area contributed by atoms with E-state index < -0.39 is 11.4 Å². The highest BCUT2D eigenvalue weighted by Gasteiger charge is 2.41. The predicted octanol–water partition coefficient (Wildman–Crippen LogP) is 4.91. The first-order valence-corrected chi connectivity index (χ1v) is 9.07. The molecule has 1 N–H and O–H groups in total. The number of hydrogen-bond acceptors (Lipinski definition) is 2. The molecule has 0 atom stereocenters. The van der Waals surface area contributed by atoms with Gasteiger partial charge in [0, 0.05) is 0 Å². The molecule has 120 valence electrons. The molecule has 3 nitrogen and oxygen atoms in total. The summed E-state index contributed by atoms with van der Waals surface area (Å²) in [6.07, 6.45) is 8.42. The van der Waals surface area contributed by atoms with Crippen molar-refractivity contribution in [3.63, 3.8) is 0 Å². The summed E-state index contributed by atoms with van der Waals surface area (Å²) in [5.41, 5.74) is 0.190. The quantitative estimate of drug-likeness (QED) is 0.804. The average Bonchev–Trinajstić information content (AvgIpc) is 2.47. The number of rotatable bonds is 5. The highest BCUT2D eigenvalue weighted by Crippen LogP contribution is 2.42. The van der Waals surface area contributed by atoms with E-state index in [1.807, 2.05) is 18.2 Å². The van der Waals surface area contributed by atoms with Crippen LogP contribution < -0.4 is 4.74 Å². The fraction of sp³-hybridized carbons (Fsp3) is 0.611. The lowest BCUT2D eigenvalue weighted by Crippen LogP contribution is -2.37. The normalized spacial score (nSPS) is 21.1. The smallest absolute Gasteiger partial charge is 0.314 e. The average molecular weight is 367 g/mol. The van der Waals surface area contributed by atoms with E-state index in [1.54, 1.807) is 0 Å². The van der Waals surface area contributed by atoms with Crippen molar-refractivity contribution >= 4 is 21.9 Å². The van der Waals surface area contributed by atoms with Crippen LogP contribution >= 0.6 is 15.9 Å². The topological polar surface area (TPSA) is 46.5 Å². The Morgan fingerprint density at radius 1 is 1.23 bits per heavy atom. The summed E-state index contributed by atoms with van der Waals surface area (Å²) < 4.78 is 6.75.